The molecule has 1 aliphatic rings. The number of aryl methyl sites for hydroxylation is 1. The van der Waals surface area contributed by atoms with Gasteiger partial charge in [-0.1, -0.05) is 44.2 Å². The summed E-state index contributed by atoms with van der Waals surface area (Å²) < 4.78 is 10.8. The monoisotopic (exact) mass is 421 g/mol. The van der Waals surface area contributed by atoms with Gasteiger partial charge < -0.3 is 19.8 Å². The second-order valence-corrected chi connectivity index (χ2v) is 8.43. The molecule has 1 aliphatic carbocycles. The van der Waals surface area contributed by atoms with Crippen LogP contribution < -0.4 is 14.8 Å². The molecule has 0 bridgehead atoms. The van der Waals surface area contributed by atoms with Gasteiger partial charge in [-0.25, -0.2) is 4.98 Å². The van der Waals surface area contributed by atoms with Crippen molar-refractivity contribution < 1.29 is 14.3 Å². The average molecular weight is 422 g/mol. The largest absolute Gasteiger partial charge is 0.493 e. The fourth-order valence-corrected chi connectivity index (χ4v) is 4.40. The second kappa shape index (κ2) is 9.41. The molecule has 31 heavy (non-hydrogen) atoms. The van der Waals surface area contributed by atoms with Crippen LogP contribution in [-0.2, 0) is 4.79 Å². The summed E-state index contributed by atoms with van der Waals surface area (Å²) >= 11 is 0. The number of nitrogens with one attached hydrogen (secondary N) is 2. The van der Waals surface area contributed by atoms with E-state index in [9.17, 15) is 4.79 Å². The van der Waals surface area contributed by atoms with Crippen molar-refractivity contribution in [2.75, 3.05) is 19.5 Å². The van der Waals surface area contributed by atoms with Gasteiger partial charge >= 0.3 is 0 Å². The fraction of sp³-hybridized carbons (Fsp3) is 0.440. The van der Waals surface area contributed by atoms with Crippen molar-refractivity contribution in [1.29, 1.82) is 0 Å². The Kier molecular flexibility index (Phi) is 6.44. The molecule has 6 nitrogen and oxygen atoms in total. The Labute approximate surface area is 183 Å². The molecule has 0 atom stereocenters. The molecule has 4 rings (SSSR count). The molecule has 0 saturated heterocycles. The lowest BCUT2D eigenvalue weighted by Gasteiger charge is -2.21. The molecule has 1 saturated carbocycles. The Morgan fingerprint density at radius 1 is 1.10 bits per heavy atom. The summed E-state index contributed by atoms with van der Waals surface area (Å²) in [5.41, 5.74) is 4.45. The SMILES string of the molecule is COc1cc2nc(-c3ccc(C)c(NC(=O)CCC4CCCCC4)c3)[nH]c2cc1OC. The van der Waals surface area contributed by atoms with E-state index in [-0.39, 0.29) is 5.91 Å². The summed E-state index contributed by atoms with van der Waals surface area (Å²) in [6.07, 6.45) is 8.06. The third-order valence-corrected chi connectivity index (χ3v) is 6.28. The highest BCUT2D eigenvalue weighted by molar-refractivity contribution is 5.92. The maximum absolute atomic E-state index is 12.6. The molecule has 1 fully saturated rings. The average Bonchev–Trinajstić information content (AvgIpc) is 3.21. The lowest BCUT2D eigenvalue weighted by Crippen LogP contribution is -2.15. The standard InChI is InChI=1S/C25H31N3O3/c1-16-9-11-18(13-19(16)26-24(29)12-10-17-7-5-4-6-8-17)25-27-20-14-22(30-2)23(31-3)15-21(20)28-25/h9,11,13-15,17H,4-8,10,12H2,1-3H3,(H,26,29)(H,27,28). The van der Waals surface area contributed by atoms with E-state index in [1.165, 1.54) is 32.1 Å². The summed E-state index contributed by atoms with van der Waals surface area (Å²) in [6, 6.07) is 9.75. The van der Waals surface area contributed by atoms with Gasteiger partial charge in [0.15, 0.2) is 11.5 Å². The summed E-state index contributed by atoms with van der Waals surface area (Å²) in [7, 11) is 3.23. The van der Waals surface area contributed by atoms with Crippen molar-refractivity contribution in [2.24, 2.45) is 5.92 Å². The topological polar surface area (TPSA) is 76.2 Å². The summed E-state index contributed by atoms with van der Waals surface area (Å²) in [6.45, 7) is 2.01. The van der Waals surface area contributed by atoms with Crippen molar-refractivity contribution >= 4 is 22.6 Å². The molecule has 164 valence electrons. The number of carbonyl (C=O) groups is 1. The number of carbonyl (C=O) groups excluding carboxylic acids is 1. The maximum atomic E-state index is 12.6. The van der Waals surface area contributed by atoms with E-state index in [0.717, 1.165) is 40.1 Å². The molecular weight excluding hydrogens is 390 g/mol. The van der Waals surface area contributed by atoms with E-state index in [4.69, 9.17) is 14.5 Å². The molecule has 3 aromatic rings. The van der Waals surface area contributed by atoms with Crippen LogP contribution in [0.5, 0.6) is 11.5 Å². The number of H-pyrrole nitrogens is 1. The number of anilines is 1. The number of rotatable bonds is 7. The first-order valence-electron chi connectivity index (χ1n) is 11.1. The lowest BCUT2D eigenvalue weighted by atomic mass is 9.86. The molecule has 6 heteroatoms. The quantitative estimate of drug-likeness (QED) is 0.501. The zero-order valence-corrected chi connectivity index (χ0v) is 18.6. The predicted molar refractivity (Wildman–Crippen MR) is 124 cm³/mol. The van der Waals surface area contributed by atoms with E-state index in [1.807, 2.05) is 37.3 Å². The molecule has 1 aromatic heterocycles. The minimum atomic E-state index is 0.0879. The van der Waals surface area contributed by atoms with Crippen LogP contribution in [0.25, 0.3) is 22.4 Å². The third-order valence-electron chi connectivity index (χ3n) is 6.28. The highest BCUT2D eigenvalue weighted by Crippen LogP contribution is 2.33. The number of aromatic amines is 1. The zero-order chi connectivity index (χ0) is 21.8. The van der Waals surface area contributed by atoms with E-state index in [2.05, 4.69) is 10.3 Å². The molecule has 0 unspecified atom stereocenters. The van der Waals surface area contributed by atoms with Crippen molar-refractivity contribution in [3.63, 3.8) is 0 Å². The maximum Gasteiger partial charge on any atom is 0.224 e. The minimum absolute atomic E-state index is 0.0879. The van der Waals surface area contributed by atoms with Gasteiger partial charge in [0, 0.05) is 29.8 Å². The number of amides is 1. The van der Waals surface area contributed by atoms with Crippen LogP contribution in [0, 0.1) is 12.8 Å². The van der Waals surface area contributed by atoms with Gasteiger partial charge in [-0.05, 0) is 30.9 Å². The van der Waals surface area contributed by atoms with Crippen LogP contribution >= 0.6 is 0 Å². The van der Waals surface area contributed by atoms with Gasteiger partial charge in [0.25, 0.3) is 0 Å². The van der Waals surface area contributed by atoms with Crippen LogP contribution in [0.3, 0.4) is 0 Å². The van der Waals surface area contributed by atoms with Crippen LogP contribution in [0.1, 0.15) is 50.5 Å². The Balaban J connectivity index is 1.51. The molecule has 0 aliphatic heterocycles. The summed E-state index contributed by atoms with van der Waals surface area (Å²) in [5, 5.41) is 3.11. The Morgan fingerprint density at radius 3 is 2.58 bits per heavy atom. The number of methoxy groups -OCH3 is 2. The van der Waals surface area contributed by atoms with Crippen LogP contribution in [0.2, 0.25) is 0 Å². The number of hydrogen-bond acceptors (Lipinski definition) is 4. The van der Waals surface area contributed by atoms with Crippen molar-refractivity contribution in [1.82, 2.24) is 9.97 Å². The summed E-state index contributed by atoms with van der Waals surface area (Å²) in [4.78, 5) is 20.6. The number of aromatic nitrogens is 2. The number of nitrogens with zero attached hydrogens (tertiary/aromatic N) is 1. The molecule has 1 amide bonds. The van der Waals surface area contributed by atoms with Gasteiger partial charge in [-0.15, -0.1) is 0 Å². The van der Waals surface area contributed by atoms with Crippen molar-refractivity contribution in [3.05, 3.63) is 35.9 Å². The lowest BCUT2D eigenvalue weighted by molar-refractivity contribution is -0.116. The number of fused-ring (bicyclic) bond motifs is 1. The van der Waals surface area contributed by atoms with E-state index in [0.29, 0.717) is 23.8 Å². The van der Waals surface area contributed by atoms with Gasteiger partial charge in [-0.3, -0.25) is 4.79 Å². The first-order chi connectivity index (χ1) is 15.1. The van der Waals surface area contributed by atoms with E-state index >= 15 is 0 Å². The fourth-order valence-electron chi connectivity index (χ4n) is 4.40. The van der Waals surface area contributed by atoms with E-state index < -0.39 is 0 Å². The molecule has 0 spiro atoms. The van der Waals surface area contributed by atoms with Gasteiger partial charge in [0.1, 0.15) is 5.82 Å². The molecule has 1 heterocycles. The molecule has 2 aromatic carbocycles. The van der Waals surface area contributed by atoms with Gasteiger partial charge in [-0.2, -0.15) is 0 Å². The highest BCUT2D eigenvalue weighted by atomic mass is 16.5. The normalized spacial score (nSPS) is 14.5. The Hall–Kier alpha value is -3.02. The van der Waals surface area contributed by atoms with E-state index in [1.54, 1.807) is 14.2 Å². The smallest absolute Gasteiger partial charge is 0.224 e. The van der Waals surface area contributed by atoms with Gasteiger partial charge in [0.05, 0.1) is 25.3 Å². The molecular formula is C25H31N3O3. The summed E-state index contributed by atoms with van der Waals surface area (Å²) in [5.74, 6) is 2.83. The number of imidazole rings is 1. The second-order valence-electron chi connectivity index (χ2n) is 8.43. The number of ether oxygens (including phenoxy) is 2. The van der Waals surface area contributed by atoms with Crippen molar-refractivity contribution in [2.45, 2.75) is 51.9 Å². The third kappa shape index (κ3) is 4.84. The minimum Gasteiger partial charge on any atom is -0.493 e. The van der Waals surface area contributed by atoms with Gasteiger partial charge in [0.2, 0.25) is 5.91 Å². The van der Waals surface area contributed by atoms with Crippen LogP contribution in [-0.4, -0.2) is 30.1 Å². The first kappa shape index (κ1) is 21.2. The number of hydrogen-bond donors (Lipinski definition) is 2. The molecule has 0 radical (unpaired) electrons. The zero-order valence-electron chi connectivity index (χ0n) is 18.6. The molecule has 2 N–H and O–H groups in total. The van der Waals surface area contributed by atoms with Crippen LogP contribution in [0.15, 0.2) is 30.3 Å². The first-order valence-corrected chi connectivity index (χ1v) is 11.1. The van der Waals surface area contributed by atoms with Crippen LogP contribution in [0.4, 0.5) is 5.69 Å². The van der Waals surface area contributed by atoms with Crippen molar-refractivity contribution in [3.8, 4) is 22.9 Å². The Bertz CT molecular complexity index is 1030. The number of benzene rings is 2. The highest BCUT2D eigenvalue weighted by Gasteiger charge is 2.16. The Morgan fingerprint density at radius 2 is 1.84 bits per heavy atom. The predicted octanol–water partition coefficient (Wildman–Crippen LogP) is 5.85.